The van der Waals surface area contributed by atoms with Crippen LogP contribution in [0.2, 0.25) is 0 Å². The molecule has 0 atom stereocenters. The van der Waals surface area contributed by atoms with E-state index < -0.39 is 0 Å². The Balaban J connectivity index is 2.49. The first-order valence-electron chi connectivity index (χ1n) is 5.61. The average Bonchev–Trinajstić information content (AvgIpc) is 2.63. The maximum absolute atomic E-state index is 5.49. The fraction of sp³-hybridized carbons (Fsp3) is 0.385. The lowest BCUT2D eigenvalue weighted by molar-refractivity contribution is 0.129. The van der Waals surface area contributed by atoms with Gasteiger partial charge in [0.15, 0.2) is 0 Å². The molecule has 0 saturated carbocycles. The third-order valence-electron chi connectivity index (χ3n) is 2.72. The number of benzene rings is 1. The van der Waals surface area contributed by atoms with Crippen LogP contribution in [-0.4, -0.2) is 11.2 Å². The predicted molar refractivity (Wildman–Crippen MR) is 70.6 cm³/mol. The van der Waals surface area contributed by atoms with E-state index in [4.69, 9.17) is 4.74 Å². The third kappa shape index (κ3) is 2.15. The number of nitrogens with zero attached hydrogens (tertiary/aromatic N) is 1. The fourth-order valence-corrected chi connectivity index (χ4v) is 2.33. The number of aromatic nitrogens is 1. The number of ether oxygens (including phenoxy) is 1. The van der Waals surface area contributed by atoms with Crippen molar-refractivity contribution in [1.82, 2.24) is 4.57 Å². The molecule has 0 unspecified atom stereocenters. The van der Waals surface area contributed by atoms with Crippen molar-refractivity contribution < 1.29 is 4.74 Å². The van der Waals surface area contributed by atoms with Crippen molar-refractivity contribution >= 4 is 26.8 Å². The van der Waals surface area contributed by atoms with Gasteiger partial charge in [0.1, 0.15) is 0 Å². The zero-order valence-corrected chi connectivity index (χ0v) is 11.3. The quantitative estimate of drug-likeness (QED) is 0.828. The Morgan fingerprint density at radius 2 is 2.06 bits per heavy atom. The third-order valence-corrected chi connectivity index (χ3v) is 3.22. The van der Waals surface area contributed by atoms with Crippen molar-refractivity contribution in [3.05, 3.63) is 34.4 Å². The molecule has 2 rings (SSSR count). The average molecular weight is 282 g/mol. The Kier molecular flexibility index (Phi) is 3.66. The largest absolute Gasteiger partial charge is 0.376 e. The molecule has 0 radical (unpaired) electrons. The van der Waals surface area contributed by atoms with E-state index in [9.17, 15) is 0 Å². The first kappa shape index (κ1) is 11.7. The molecule has 0 N–H and O–H groups in total. The summed E-state index contributed by atoms with van der Waals surface area (Å²) in [5, 5.41) is 1.28. The van der Waals surface area contributed by atoms with Crippen molar-refractivity contribution in [2.24, 2.45) is 0 Å². The molecule has 0 aliphatic rings. The molecule has 0 fully saturated rings. The Hall–Kier alpha value is -0.800. The number of hydrogen-bond acceptors (Lipinski definition) is 1. The van der Waals surface area contributed by atoms with Crippen LogP contribution < -0.4 is 0 Å². The molecule has 1 aromatic carbocycles. The van der Waals surface area contributed by atoms with Gasteiger partial charge in [-0.3, -0.25) is 0 Å². The van der Waals surface area contributed by atoms with E-state index in [1.165, 1.54) is 16.6 Å². The van der Waals surface area contributed by atoms with Gasteiger partial charge in [-0.25, -0.2) is 0 Å². The Morgan fingerprint density at radius 1 is 1.25 bits per heavy atom. The number of hydrogen-bond donors (Lipinski definition) is 0. The number of fused-ring (bicyclic) bond motifs is 1. The van der Waals surface area contributed by atoms with E-state index in [0.717, 1.165) is 17.6 Å². The van der Waals surface area contributed by atoms with E-state index in [1.807, 2.05) is 6.92 Å². The molecule has 1 aromatic heterocycles. The van der Waals surface area contributed by atoms with E-state index in [2.05, 4.69) is 51.7 Å². The molecular formula is C13H16BrNO. The standard InChI is InChI=1S/C13H16BrNO/c1-3-15-12(9-16-4-2)7-10-5-6-11(14)8-13(10)15/h5-8H,3-4,9H2,1-2H3. The molecule has 0 amide bonds. The second-order valence-corrected chi connectivity index (χ2v) is 4.64. The van der Waals surface area contributed by atoms with Crippen molar-refractivity contribution in [1.29, 1.82) is 0 Å². The van der Waals surface area contributed by atoms with Crippen LogP contribution >= 0.6 is 15.9 Å². The van der Waals surface area contributed by atoms with Crippen molar-refractivity contribution in [3.8, 4) is 0 Å². The van der Waals surface area contributed by atoms with Gasteiger partial charge in [0.25, 0.3) is 0 Å². The summed E-state index contributed by atoms with van der Waals surface area (Å²) in [6.07, 6.45) is 0. The maximum Gasteiger partial charge on any atom is 0.0867 e. The lowest BCUT2D eigenvalue weighted by Crippen LogP contribution is -2.02. The van der Waals surface area contributed by atoms with Crippen LogP contribution in [0.5, 0.6) is 0 Å². The van der Waals surface area contributed by atoms with Gasteiger partial charge < -0.3 is 9.30 Å². The van der Waals surface area contributed by atoms with Gasteiger partial charge in [0.05, 0.1) is 6.61 Å². The van der Waals surface area contributed by atoms with Crippen LogP contribution in [0.1, 0.15) is 19.5 Å². The van der Waals surface area contributed by atoms with Crippen molar-refractivity contribution in [2.45, 2.75) is 27.0 Å². The van der Waals surface area contributed by atoms with Gasteiger partial charge in [0.2, 0.25) is 0 Å². The van der Waals surface area contributed by atoms with E-state index >= 15 is 0 Å². The summed E-state index contributed by atoms with van der Waals surface area (Å²) in [6.45, 7) is 6.61. The van der Waals surface area contributed by atoms with Gasteiger partial charge in [0, 0.05) is 34.2 Å². The highest BCUT2D eigenvalue weighted by atomic mass is 79.9. The highest BCUT2D eigenvalue weighted by Gasteiger charge is 2.07. The molecule has 0 spiro atoms. The molecular weight excluding hydrogens is 266 g/mol. The summed E-state index contributed by atoms with van der Waals surface area (Å²) in [5.74, 6) is 0. The van der Waals surface area contributed by atoms with E-state index in [-0.39, 0.29) is 0 Å². The minimum atomic E-state index is 0.691. The van der Waals surface area contributed by atoms with Crippen molar-refractivity contribution in [3.63, 3.8) is 0 Å². The summed E-state index contributed by atoms with van der Waals surface area (Å²) in [7, 11) is 0. The molecule has 0 aliphatic heterocycles. The van der Waals surface area contributed by atoms with E-state index in [1.54, 1.807) is 0 Å². The van der Waals surface area contributed by atoms with Crippen LogP contribution in [0.25, 0.3) is 10.9 Å². The Labute approximate surface area is 104 Å². The van der Waals surface area contributed by atoms with E-state index in [0.29, 0.717) is 6.61 Å². The van der Waals surface area contributed by atoms with Gasteiger partial charge in [-0.05, 0) is 32.0 Å². The Bertz CT molecular complexity index is 490. The van der Waals surface area contributed by atoms with Gasteiger partial charge >= 0.3 is 0 Å². The summed E-state index contributed by atoms with van der Waals surface area (Å²) >= 11 is 3.51. The molecule has 2 aromatic rings. The van der Waals surface area contributed by atoms with Gasteiger partial charge in [-0.1, -0.05) is 22.0 Å². The predicted octanol–water partition coefficient (Wildman–Crippen LogP) is 3.96. The molecule has 3 heteroatoms. The number of aryl methyl sites for hydroxylation is 1. The topological polar surface area (TPSA) is 14.2 Å². The lowest BCUT2D eigenvalue weighted by atomic mass is 10.2. The first-order chi connectivity index (χ1) is 7.76. The second-order valence-electron chi connectivity index (χ2n) is 3.72. The molecule has 0 bridgehead atoms. The minimum Gasteiger partial charge on any atom is -0.376 e. The first-order valence-corrected chi connectivity index (χ1v) is 6.41. The van der Waals surface area contributed by atoms with Crippen LogP contribution in [0.4, 0.5) is 0 Å². The number of halogens is 1. The molecule has 0 saturated heterocycles. The molecule has 1 heterocycles. The lowest BCUT2D eigenvalue weighted by Gasteiger charge is -2.07. The van der Waals surface area contributed by atoms with Crippen LogP contribution in [0, 0.1) is 0 Å². The zero-order chi connectivity index (χ0) is 11.5. The fourth-order valence-electron chi connectivity index (χ4n) is 1.98. The van der Waals surface area contributed by atoms with Crippen LogP contribution in [-0.2, 0) is 17.9 Å². The zero-order valence-electron chi connectivity index (χ0n) is 9.66. The number of rotatable bonds is 4. The summed E-state index contributed by atoms with van der Waals surface area (Å²) < 4.78 is 8.91. The second kappa shape index (κ2) is 5.02. The molecule has 2 nitrogen and oxygen atoms in total. The molecule has 0 aliphatic carbocycles. The monoisotopic (exact) mass is 281 g/mol. The highest BCUT2D eigenvalue weighted by molar-refractivity contribution is 9.10. The van der Waals surface area contributed by atoms with Gasteiger partial charge in [-0.2, -0.15) is 0 Å². The molecule has 16 heavy (non-hydrogen) atoms. The summed E-state index contributed by atoms with van der Waals surface area (Å²) in [4.78, 5) is 0. The van der Waals surface area contributed by atoms with Crippen LogP contribution in [0.15, 0.2) is 28.7 Å². The smallest absolute Gasteiger partial charge is 0.0867 e. The summed E-state index contributed by atoms with van der Waals surface area (Å²) in [5.41, 5.74) is 2.52. The molecule has 86 valence electrons. The summed E-state index contributed by atoms with van der Waals surface area (Å²) in [6, 6.07) is 8.59. The Morgan fingerprint density at radius 3 is 2.75 bits per heavy atom. The van der Waals surface area contributed by atoms with Gasteiger partial charge in [-0.15, -0.1) is 0 Å². The van der Waals surface area contributed by atoms with Crippen molar-refractivity contribution in [2.75, 3.05) is 6.61 Å². The minimum absolute atomic E-state index is 0.691. The maximum atomic E-state index is 5.49. The SMILES string of the molecule is CCOCc1cc2ccc(Br)cc2n1CC. The highest BCUT2D eigenvalue weighted by Crippen LogP contribution is 2.24. The van der Waals surface area contributed by atoms with Crippen LogP contribution in [0.3, 0.4) is 0 Å². The normalized spacial score (nSPS) is 11.2.